The minimum atomic E-state index is 0.461. The van der Waals surface area contributed by atoms with Crippen molar-refractivity contribution in [1.82, 2.24) is 5.32 Å². The number of rotatable bonds is 3. The van der Waals surface area contributed by atoms with Crippen LogP contribution in [0.4, 0.5) is 0 Å². The van der Waals surface area contributed by atoms with E-state index in [4.69, 9.17) is 4.74 Å². The Morgan fingerprint density at radius 2 is 2.27 bits per heavy atom. The molecule has 2 heteroatoms. The quantitative estimate of drug-likeness (QED) is 0.771. The second-order valence-corrected chi connectivity index (χ2v) is 4.94. The molecule has 1 heterocycles. The van der Waals surface area contributed by atoms with Gasteiger partial charge in [0.15, 0.2) is 0 Å². The molecular weight excluding hydrogens is 186 g/mol. The van der Waals surface area contributed by atoms with Gasteiger partial charge in [-0.2, -0.15) is 0 Å². The van der Waals surface area contributed by atoms with Crippen molar-refractivity contribution in [1.29, 1.82) is 0 Å². The number of hydrogen-bond acceptors (Lipinski definition) is 2. The lowest BCUT2D eigenvalue weighted by atomic mass is 9.88. The highest BCUT2D eigenvalue weighted by atomic mass is 16.5. The summed E-state index contributed by atoms with van der Waals surface area (Å²) in [6, 6.07) is 0.461. The Bertz CT molecular complexity index is 237. The first-order valence-electron chi connectivity index (χ1n) is 6.33. The van der Waals surface area contributed by atoms with Crippen LogP contribution < -0.4 is 5.32 Å². The maximum Gasteiger partial charge on any atom is 0.109 e. The third kappa shape index (κ3) is 2.36. The molecule has 0 aromatic rings. The molecule has 0 aromatic carbocycles. The van der Waals surface area contributed by atoms with Crippen molar-refractivity contribution in [2.75, 3.05) is 13.7 Å². The van der Waals surface area contributed by atoms with Crippen molar-refractivity contribution in [3.8, 4) is 0 Å². The number of ether oxygens (including phenoxy) is 1. The monoisotopic (exact) mass is 209 g/mol. The molecule has 1 aliphatic heterocycles. The van der Waals surface area contributed by atoms with Gasteiger partial charge in [0, 0.05) is 0 Å². The van der Waals surface area contributed by atoms with Crippen molar-refractivity contribution in [2.45, 2.75) is 45.1 Å². The third-order valence-corrected chi connectivity index (χ3v) is 3.94. The zero-order valence-corrected chi connectivity index (χ0v) is 9.96. The Balaban J connectivity index is 2.05. The van der Waals surface area contributed by atoms with Crippen LogP contribution in [0.25, 0.3) is 0 Å². The van der Waals surface area contributed by atoms with Crippen LogP contribution in [-0.4, -0.2) is 19.7 Å². The zero-order chi connectivity index (χ0) is 10.7. The van der Waals surface area contributed by atoms with Gasteiger partial charge in [0.2, 0.25) is 0 Å². The van der Waals surface area contributed by atoms with E-state index in [1.807, 2.05) is 0 Å². The van der Waals surface area contributed by atoms with E-state index in [0.29, 0.717) is 6.04 Å². The SMILES string of the molecule is CNC(C1=CCCCO1)C1CCCC1C. The van der Waals surface area contributed by atoms with E-state index in [2.05, 4.69) is 25.4 Å². The van der Waals surface area contributed by atoms with Gasteiger partial charge >= 0.3 is 0 Å². The fourth-order valence-corrected chi connectivity index (χ4v) is 3.03. The van der Waals surface area contributed by atoms with Gasteiger partial charge in [0.05, 0.1) is 12.6 Å². The van der Waals surface area contributed by atoms with E-state index in [1.54, 1.807) is 0 Å². The van der Waals surface area contributed by atoms with Crippen LogP contribution in [0.3, 0.4) is 0 Å². The molecule has 86 valence electrons. The van der Waals surface area contributed by atoms with E-state index in [-0.39, 0.29) is 0 Å². The van der Waals surface area contributed by atoms with Gasteiger partial charge in [0.1, 0.15) is 5.76 Å². The normalized spacial score (nSPS) is 33.3. The summed E-state index contributed by atoms with van der Waals surface area (Å²) >= 11 is 0. The molecule has 0 amide bonds. The molecule has 1 saturated carbocycles. The van der Waals surface area contributed by atoms with Crippen molar-refractivity contribution in [3.05, 3.63) is 11.8 Å². The van der Waals surface area contributed by atoms with Gasteiger partial charge in [-0.15, -0.1) is 0 Å². The molecule has 2 aliphatic rings. The molecule has 1 N–H and O–H groups in total. The summed E-state index contributed by atoms with van der Waals surface area (Å²) in [5, 5.41) is 3.45. The van der Waals surface area contributed by atoms with Crippen molar-refractivity contribution in [3.63, 3.8) is 0 Å². The van der Waals surface area contributed by atoms with Crippen LogP contribution in [0.5, 0.6) is 0 Å². The Labute approximate surface area is 93.1 Å². The Hall–Kier alpha value is -0.500. The second-order valence-electron chi connectivity index (χ2n) is 4.94. The van der Waals surface area contributed by atoms with Crippen LogP contribution in [0.15, 0.2) is 11.8 Å². The molecular formula is C13H23NO. The first-order chi connectivity index (χ1) is 7.33. The van der Waals surface area contributed by atoms with Gasteiger partial charge in [-0.3, -0.25) is 0 Å². The molecule has 3 unspecified atom stereocenters. The Morgan fingerprint density at radius 1 is 1.40 bits per heavy atom. The number of likely N-dealkylation sites (N-methyl/N-ethyl adjacent to an activating group) is 1. The Morgan fingerprint density at radius 3 is 2.80 bits per heavy atom. The van der Waals surface area contributed by atoms with Gasteiger partial charge in [-0.05, 0) is 44.2 Å². The van der Waals surface area contributed by atoms with Crippen molar-refractivity contribution >= 4 is 0 Å². The number of nitrogens with one attached hydrogen (secondary N) is 1. The van der Waals surface area contributed by atoms with Crippen molar-refractivity contribution in [2.24, 2.45) is 11.8 Å². The summed E-state index contributed by atoms with van der Waals surface area (Å²) < 4.78 is 5.79. The summed E-state index contributed by atoms with van der Waals surface area (Å²) in [5.74, 6) is 2.83. The molecule has 1 aliphatic carbocycles. The van der Waals surface area contributed by atoms with Gasteiger partial charge in [0.25, 0.3) is 0 Å². The first-order valence-corrected chi connectivity index (χ1v) is 6.33. The van der Waals surface area contributed by atoms with Crippen LogP contribution in [0.1, 0.15) is 39.0 Å². The fourth-order valence-electron chi connectivity index (χ4n) is 3.03. The molecule has 0 bridgehead atoms. The molecule has 15 heavy (non-hydrogen) atoms. The highest BCUT2D eigenvalue weighted by Crippen LogP contribution is 2.36. The van der Waals surface area contributed by atoms with Gasteiger partial charge < -0.3 is 10.1 Å². The van der Waals surface area contributed by atoms with E-state index >= 15 is 0 Å². The average Bonchev–Trinajstić information content (AvgIpc) is 2.68. The van der Waals surface area contributed by atoms with Crippen LogP contribution in [0, 0.1) is 11.8 Å². The molecule has 3 atom stereocenters. The minimum absolute atomic E-state index is 0.461. The predicted octanol–water partition coefficient (Wildman–Crippen LogP) is 2.70. The molecule has 0 radical (unpaired) electrons. The van der Waals surface area contributed by atoms with E-state index in [0.717, 1.165) is 18.4 Å². The molecule has 2 nitrogen and oxygen atoms in total. The van der Waals surface area contributed by atoms with Crippen LogP contribution in [0.2, 0.25) is 0 Å². The van der Waals surface area contributed by atoms with Crippen LogP contribution >= 0.6 is 0 Å². The van der Waals surface area contributed by atoms with E-state index < -0.39 is 0 Å². The summed E-state index contributed by atoms with van der Waals surface area (Å²) in [6.45, 7) is 3.29. The van der Waals surface area contributed by atoms with E-state index in [1.165, 1.54) is 37.9 Å². The lowest BCUT2D eigenvalue weighted by molar-refractivity contribution is 0.145. The van der Waals surface area contributed by atoms with E-state index in [9.17, 15) is 0 Å². The van der Waals surface area contributed by atoms with Crippen molar-refractivity contribution < 1.29 is 4.74 Å². The van der Waals surface area contributed by atoms with Crippen LogP contribution in [-0.2, 0) is 4.74 Å². The zero-order valence-electron chi connectivity index (χ0n) is 9.96. The maximum absolute atomic E-state index is 5.79. The minimum Gasteiger partial charge on any atom is -0.497 e. The number of hydrogen-bond donors (Lipinski definition) is 1. The van der Waals surface area contributed by atoms with Gasteiger partial charge in [-0.1, -0.05) is 19.8 Å². The average molecular weight is 209 g/mol. The lowest BCUT2D eigenvalue weighted by Crippen LogP contribution is -2.38. The number of allylic oxidation sites excluding steroid dienone is 1. The lowest BCUT2D eigenvalue weighted by Gasteiger charge is -2.30. The summed E-state index contributed by atoms with van der Waals surface area (Å²) in [4.78, 5) is 0. The Kier molecular flexibility index (Phi) is 3.68. The molecule has 0 saturated heterocycles. The standard InChI is InChI=1S/C13H23NO/c1-10-6-5-7-11(10)13(14-2)12-8-3-4-9-15-12/h8,10-11,13-14H,3-7,9H2,1-2H3. The largest absolute Gasteiger partial charge is 0.497 e. The second kappa shape index (κ2) is 5.02. The molecule has 0 aromatic heterocycles. The summed E-state index contributed by atoms with van der Waals surface area (Å²) in [5.41, 5.74) is 0. The topological polar surface area (TPSA) is 21.3 Å². The predicted molar refractivity (Wildman–Crippen MR) is 62.6 cm³/mol. The fraction of sp³-hybridized carbons (Fsp3) is 0.846. The summed E-state index contributed by atoms with van der Waals surface area (Å²) in [7, 11) is 2.06. The molecule has 1 fully saturated rings. The smallest absolute Gasteiger partial charge is 0.109 e. The molecule has 2 rings (SSSR count). The highest BCUT2D eigenvalue weighted by molar-refractivity contribution is 5.09. The first kappa shape index (κ1) is 11.0. The summed E-state index contributed by atoms with van der Waals surface area (Å²) in [6.07, 6.45) is 8.78. The highest BCUT2D eigenvalue weighted by Gasteiger charge is 2.33. The van der Waals surface area contributed by atoms with Gasteiger partial charge in [-0.25, -0.2) is 0 Å². The molecule has 0 spiro atoms. The maximum atomic E-state index is 5.79. The third-order valence-electron chi connectivity index (χ3n) is 3.94.